The Bertz CT molecular complexity index is 256. The molecule has 0 bridgehead atoms. The summed E-state index contributed by atoms with van der Waals surface area (Å²) >= 11 is 0. The summed E-state index contributed by atoms with van der Waals surface area (Å²) in [5.74, 6) is 0. The minimum Gasteiger partial charge on any atom is -0.384 e. The van der Waals surface area contributed by atoms with Crippen LogP contribution in [0.2, 0.25) is 0 Å². The average molecular weight is 147 g/mol. The van der Waals surface area contributed by atoms with Crippen molar-refractivity contribution >= 4 is 0 Å². The first kappa shape index (κ1) is 6.71. The zero-order valence-electron chi connectivity index (χ0n) is 6.85. The SMILES string of the molecule is CC1=CC2=C(CC1)NCC=C2. The minimum atomic E-state index is 1.01. The molecule has 0 atom stereocenters. The van der Waals surface area contributed by atoms with E-state index in [1.54, 1.807) is 0 Å². The first-order valence-electron chi connectivity index (χ1n) is 4.17. The molecule has 0 aromatic rings. The maximum atomic E-state index is 3.39. The van der Waals surface area contributed by atoms with Crippen LogP contribution in [-0.4, -0.2) is 6.54 Å². The minimum absolute atomic E-state index is 1.01. The van der Waals surface area contributed by atoms with Crippen LogP contribution in [0.25, 0.3) is 0 Å². The van der Waals surface area contributed by atoms with Crippen molar-refractivity contribution in [3.05, 3.63) is 35.1 Å². The van der Waals surface area contributed by atoms with Gasteiger partial charge in [-0.25, -0.2) is 0 Å². The van der Waals surface area contributed by atoms with Crippen molar-refractivity contribution < 1.29 is 0 Å². The Morgan fingerprint density at radius 2 is 2.27 bits per heavy atom. The quantitative estimate of drug-likeness (QED) is 0.553. The summed E-state index contributed by atoms with van der Waals surface area (Å²) in [6.07, 6.45) is 9.09. The lowest BCUT2D eigenvalue weighted by Gasteiger charge is -2.20. The highest BCUT2D eigenvalue weighted by atomic mass is 14.9. The van der Waals surface area contributed by atoms with Crippen LogP contribution >= 0.6 is 0 Å². The Balaban J connectivity index is 2.33. The third-order valence-electron chi connectivity index (χ3n) is 2.25. The maximum absolute atomic E-state index is 3.39. The van der Waals surface area contributed by atoms with Gasteiger partial charge in [-0.15, -0.1) is 0 Å². The molecule has 1 N–H and O–H groups in total. The third-order valence-corrected chi connectivity index (χ3v) is 2.25. The first-order chi connectivity index (χ1) is 5.36. The summed E-state index contributed by atoms with van der Waals surface area (Å²) < 4.78 is 0. The second-order valence-corrected chi connectivity index (χ2v) is 3.21. The van der Waals surface area contributed by atoms with Crippen LogP contribution in [0.5, 0.6) is 0 Å². The monoisotopic (exact) mass is 147 g/mol. The predicted octanol–water partition coefficient (Wildman–Crippen LogP) is 2.14. The molecule has 1 aliphatic heterocycles. The van der Waals surface area contributed by atoms with Crippen LogP contribution in [0, 0.1) is 0 Å². The summed E-state index contributed by atoms with van der Waals surface area (Å²) in [5.41, 5.74) is 4.32. The van der Waals surface area contributed by atoms with Crippen LogP contribution < -0.4 is 5.32 Å². The molecule has 11 heavy (non-hydrogen) atoms. The zero-order valence-corrected chi connectivity index (χ0v) is 6.85. The van der Waals surface area contributed by atoms with Crippen molar-refractivity contribution in [2.24, 2.45) is 0 Å². The summed E-state index contributed by atoms with van der Waals surface area (Å²) in [7, 11) is 0. The van der Waals surface area contributed by atoms with E-state index in [4.69, 9.17) is 0 Å². The van der Waals surface area contributed by atoms with Gasteiger partial charge in [-0.05, 0) is 25.3 Å². The Hall–Kier alpha value is -0.980. The van der Waals surface area contributed by atoms with Crippen LogP contribution in [0.3, 0.4) is 0 Å². The number of rotatable bonds is 0. The van der Waals surface area contributed by atoms with Gasteiger partial charge >= 0.3 is 0 Å². The molecule has 0 radical (unpaired) electrons. The fourth-order valence-corrected chi connectivity index (χ4v) is 1.60. The van der Waals surface area contributed by atoms with Gasteiger partial charge in [0.2, 0.25) is 0 Å². The van der Waals surface area contributed by atoms with Gasteiger partial charge < -0.3 is 5.32 Å². The highest BCUT2D eigenvalue weighted by Crippen LogP contribution is 2.24. The smallest absolute Gasteiger partial charge is 0.0331 e. The molecule has 0 aromatic carbocycles. The van der Waals surface area contributed by atoms with Gasteiger partial charge in [0.15, 0.2) is 0 Å². The molecule has 0 unspecified atom stereocenters. The molecule has 2 rings (SSSR count). The molecule has 0 spiro atoms. The maximum Gasteiger partial charge on any atom is 0.0331 e. The van der Waals surface area contributed by atoms with Crippen molar-refractivity contribution in [2.45, 2.75) is 19.8 Å². The lowest BCUT2D eigenvalue weighted by atomic mass is 9.96. The van der Waals surface area contributed by atoms with E-state index in [0.29, 0.717) is 0 Å². The summed E-state index contributed by atoms with van der Waals surface area (Å²) in [6, 6.07) is 0. The molecule has 0 saturated heterocycles. The normalized spacial score (nSPS) is 22.5. The Morgan fingerprint density at radius 1 is 1.36 bits per heavy atom. The van der Waals surface area contributed by atoms with Gasteiger partial charge in [-0.2, -0.15) is 0 Å². The molecule has 0 fully saturated rings. The number of dihydropyridines is 1. The van der Waals surface area contributed by atoms with Crippen LogP contribution in [0.1, 0.15) is 19.8 Å². The molecule has 0 amide bonds. The van der Waals surface area contributed by atoms with E-state index < -0.39 is 0 Å². The molecule has 1 nitrogen and oxygen atoms in total. The lowest BCUT2D eigenvalue weighted by molar-refractivity contribution is 0.762. The van der Waals surface area contributed by atoms with Crippen molar-refractivity contribution in [1.29, 1.82) is 0 Å². The number of nitrogens with one attached hydrogen (secondary N) is 1. The summed E-state index contributed by atoms with van der Waals surface area (Å²) in [6.45, 7) is 3.21. The fraction of sp³-hybridized carbons (Fsp3) is 0.400. The Labute approximate surface area is 67.5 Å². The van der Waals surface area contributed by atoms with E-state index in [-0.39, 0.29) is 0 Å². The van der Waals surface area contributed by atoms with E-state index in [1.807, 2.05) is 0 Å². The molecular weight excluding hydrogens is 134 g/mol. The van der Waals surface area contributed by atoms with Crippen molar-refractivity contribution in [3.63, 3.8) is 0 Å². The predicted molar refractivity (Wildman–Crippen MR) is 47.2 cm³/mol. The second-order valence-electron chi connectivity index (χ2n) is 3.21. The molecule has 1 aliphatic carbocycles. The van der Waals surface area contributed by atoms with E-state index in [1.165, 1.54) is 29.7 Å². The first-order valence-corrected chi connectivity index (χ1v) is 4.17. The molecule has 2 aliphatic rings. The molecule has 0 aromatic heterocycles. The van der Waals surface area contributed by atoms with Gasteiger partial charge in [-0.1, -0.05) is 23.8 Å². The Kier molecular flexibility index (Phi) is 1.57. The van der Waals surface area contributed by atoms with E-state index in [2.05, 4.69) is 30.5 Å². The second kappa shape index (κ2) is 2.57. The average Bonchev–Trinajstić information content (AvgIpc) is 2.04. The molecule has 1 heterocycles. The van der Waals surface area contributed by atoms with Gasteiger partial charge in [0.1, 0.15) is 0 Å². The standard InChI is InChI=1S/C10H13N/c1-8-4-5-10-9(7-8)3-2-6-11-10/h2-3,7,11H,4-6H2,1H3. The topological polar surface area (TPSA) is 12.0 Å². The third kappa shape index (κ3) is 1.23. The number of hydrogen-bond acceptors (Lipinski definition) is 1. The lowest BCUT2D eigenvalue weighted by Crippen LogP contribution is -2.19. The summed E-state index contributed by atoms with van der Waals surface area (Å²) in [4.78, 5) is 0. The van der Waals surface area contributed by atoms with E-state index >= 15 is 0 Å². The van der Waals surface area contributed by atoms with Gasteiger partial charge in [-0.3, -0.25) is 0 Å². The van der Waals surface area contributed by atoms with Crippen LogP contribution in [0.15, 0.2) is 35.1 Å². The zero-order chi connectivity index (χ0) is 7.68. The Morgan fingerprint density at radius 3 is 3.18 bits per heavy atom. The highest BCUT2D eigenvalue weighted by Gasteiger charge is 2.10. The van der Waals surface area contributed by atoms with Gasteiger partial charge in [0.05, 0.1) is 0 Å². The van der Waals surface area contributed by atoms with Crippen molar-refractivity contribution in [2.75, 3.05) is 6.54 Å². The van der Waals surface area contributed by atoms with Crippen molar-refractivity contribution in [3.8, 4) is 0 Å². The fourth-order valence-electron chi connectivity index (χ4n) is 1.60. The number of hydrogen-bond donors (Lipinski definition) is 1. The molecule has 1 heteroatoms. The van der Waals surface area contributed by atoms with E-state index in [0.717, 1.165) is 6.54 Å². The van der Waals surface area contributed by atoms with Gasteiger partial charge in [0.25, 0.3) is 0 Å². The van der Waals surface area contributed by atoms with E-state index in [9.17, 15) is 0 Å². The number of allylic oxidation sites excluding steroid dienone is 5. The van der Waals surface area contributed by atoms with Gasteiger partial charge in [0, 0.05) is 12.2 Å². The largest absolute Gasteiger partial charge is 0.384 e. The summed E-state index contributed by atoms with van der Waals surface area (Å²) in [5, 5.41) is 3.39. The van der Waals surface area contributed by atoms with Crippen LogP contribution in [-0.2, 0) is 0 Å². The molecule has 0 saturated carbocycles. The van der Waals surface area contributed by atoms with Crippen molar-refractivity contribution in [1.82, 2.24) is 5.32 Å². The molecular formula is C10H13N. The highest BCUT2D eigenvalue weighted by molar-refractivity contribution is 5.42. The molecule has 58 valence electrons. The van der Waals surface area contributed by atoms with Crippen LogP contribution in [0.4, 0.5) is 0 Å².